The largest absolute Gasteiger partial charge is 0.507 e. The zero-order valence-corrected chi connectivity index (χ0v) is 20.1. The number of Topliss-reactive ketones (excluding diaryl/α,β-unsaturated/α-hetero) is 4. The van der Waals surface area contributed by atoms with Crippen LogP contribution in [0.15, 0.2) is 12.1 Å². The Labute approximate surface area is 206 Å². The molecule has 2 saturated carbocycles. The summed E-state index contributed by atoms with van der Waals surface area (Å²) in [6.07, 6.45) is 0.392. The summed E-state index contributed by atoms with van der Waals surface area (Å²) in [6.45, 7) is 0. The van der Waals surface area contributed by atoms with Gasteiger partial charge in [0.1, 0.15) is 5.75 Å². The molecule has 2 fully saturated rings. The van der Waals surface area contributed by atoms with E-state index in [1.807, 2.05) is 0 Å². The van der Waals surface area contributed by atoms with Crippen molar-refractivity contribution in [2.45, 2.75) is 37.3 Å². The molecule has 0 radical (unpaired) electrons. The van der Waals surface area contributed by atoms with Gasteiger partial charge in [-0.3, -0.25) is 33.7 Å². The summed E-state index contributed by atoms with van der Waals surface area (Å²) in [4.78, 5) is 78.7. The van der Waals surface area contributed by atoms with Crippen molar-refractivity contribution < 1.29 is 43.7 Å². The molecule has 1 aromatic rings. The lowest BCUT2D eigenvalue weighted by Crippen LogP contribution is -2.74. The van der Waals surface area contributed by atoms with Crippen molar-refractivity contribution in [1.29, 1.82) is 0 Å². The number of hydrogen-bond donors (Lipinski definition) is 3. The number of amides is 1. The number of phenolic OH excluding ortho intramolecular Hbond substituents is 1. The number of ether oxygens (including phenoxy) is 1. The first kappa shape index (κ1) is 25.6. The Hall–Kier alpha value is -3.44. The summed E-state index contributed by atoms with van der Waals surface area (Å²) in [5.41, 5.74) is 3.56. The minimum absolute atomic E-state index is 0.0318. The second-order valence-electron chi connectivity index (χ2n) is 9.96. The van der Waals surface area contributed by atoms with Crippen LogP contribution in [0.3, 0.4) is 0 Å². The van der Waals surface area contributed by atoms with E-state index in [2.05, 4.69) is 4.74 Å². The van der Waals surface area contributed by atoms with Crippen molar-refractivity contribution in [2.24, 2.45) is 29.4 Å². The van der Waals surface area contributed by atoms with Gasteiger partial charge in [0.05, 0.1) is 24.6 Å². The van der Waals surface area contributed by atoms with Crippen LogP contribution in [-0.4, -0.2) is 83.0 Å². The van der Waals surface area contributed by atoms with Crippen LogP contribution in [0.1, 0.15) is 34.3 Å². The van der Waals surface area contributed by atoms with Gasteiger partial charge in [-0.2, -0.15) is 0 Å². The van der Waals surface area contributed by atoms with Gasteiger partial charge in [-0.05, 0) is 56.5 Å². The maximum Gasteiger partial charge on any atom is 0.305 e. The molecule has 4 N–H and O–H groups in total. The molecule has 3 aliphatic rings. The van der Waals surface area contributed by atoms with Crippen LogP contribution in [0.25, 0.3) is 0 Å². The maximum absolute atomic E-state index is 13.7. The molecule has 3 aliphatic carbocycles. The average Bonchev–Trinajstić information content (AvgIpc) is 2.80. The monoisotopic (exact) mass is 500 g/mol. The normalized spacial score (nSPS) is 31.5. The van der Waals surface area contributed by atoms with Gasteiger partial charge in [-0.15, -0.1) is 0 Å². The molecule has 11 heteroatoms. The lowest BCUT2D eigenvalue weighted by molar-refractivity contribution is -0.181. The standard InChI is InChI=1S/C25H28N2O9/c1-27(2)19-13-9-11-8-12-10(5-7-15(29)36-3)4-6-14(28)17(12)20(30)16(11)22(32)25(13,35)23(33)18(21(19)31)24(26)34/h4,6,11,13,16,18-19,28,35H,5,7-9H2,1-3H3,(H2,26,34). The number of nitrogens with two attached hydrogens (primary N) is 1. The van der Waals surface area contributed by atoms with E-state index in [4.69, 9.17) is 5.73 Å². The third kappa shape index (κ3) is 3.56. The molecule has 11 nitrogen and oxygen atoms in total. The Bertz CT molecular complexity index is 1210. The Morgan fingerprint density at radius 3 is 2.42 bits per heavy atom. The molecule has 1 aromatic carbocycles. The molecule has 0 heterocycles. The quantitative estimate of drug-likeness (QED) is 0.334. The summed E-state index contributed by atoms with van der Waals surface area (Å²) in [7, 11) is 4.31. The van der Waals surface area contributed by atoms with E-state index in [0.717, 1.165) is 0 Å². The second-order valence-corrected chi connectivity index (χ2v) is 9.96. The topological polar surface area (TPSA) is 181 Å². The Balaban J connectivity index is 1.81. The average molecular weight is 501 g/mol. The van der Waals surface area contributed by atoms with E-state index in [9.17, 15) is 39.0 Å². The minimum atomic E-state index is -2.75. The third-order valence-electron chi connectivity index (χ3n) is 7.87. The lowest BCUT2D eigenvalue weighted by atomic mass is 9.52. The number of fused-ring (bicyclic) bond motifs is 3. The number of primary amides is 1. The van der Waals surface area contributed by atoms with Crippen LogP contribution in [0, 0.1) is 23.7 Å². The SMILES string of the molecule is COC(=O)CCc1ccc(O)c2c1CC1CC3C(N(C)C)C(=O)C(C(N)=O)C(=O)C3(O)C(=O)C1C2=O. The van der Waals surface area contributed by atoms with Crippen molar-refractivity contribution in [1.82, 2.24) is 4.90 Å². The fourth-order valence-electron chi connectivity index (χ4n) is 6.24. The van der Waals surface area contributed by atoms with Crippen molar-refractivity contribution in [3.63, 3.8) is 0 Å². The number of aryl methyl sites for hydroxylation is 1. The summed E-state index contributed by atoms with van der Waals surface area (Å²) < 4.78 is 4.68. The highest BCUT2D eigenvalue weighted by molar-refractivity contribution is 6.32. The van der Waals surface area contributed by atoms with Gasteiger partial charge >= 0.3 is 5.97 Å². The molecule has 0 aliphatic heterocycles. The minimum Gasteiger partial charge on any atom is -0.507 e. The number of carbonyl (C=O) groups is 6. The number of hydrogen-bond acceptors (Lipinski definition) is 10. The number of likely N-dealkylation sites (N-methyl/N-ethyl adjacent to an activating group) is 1. The van der Waals surface area contributed by atoms with E-state index < -0.39 is 70.3 Å². The Morgan fingerprint density at radius 1 is 1.17 bits per heavy atom. The molecular formula is C25H28N2O9. The number of ketones is 4. The van der Waals surface area contributed by atoms with E-state index >= 15 is 0 Å². The van der Waals surface area contributed by atoms with Gasteiger partial charge in [0.2, 0.25) is 5.91 Å². The number of aromatic hydroxyl groups is 1. The highest BCUT2D eigenvalue weighted by Crippen LogP contribution is 2.51. The van der Waals surface area contributed by atoms with Gasteiger partial charge in [-0.25, -0.2) is 0 Å². The third-order valence-corrected chi connectivity index (χ3v) is 7.87. The van der Waals surface area contributed by atoms with Crippen LogP contribution < -0.4 is 5.73 Å². The zero-order valence-electron chi connectivity index (χ0n) is 20.1. The second kappa shape index (κ2) is 8.90. The van der Waals surface area contributed by atoms with E-state index in [1.54, 1.807) is 6.07 Å². The van der Waals surface area contributed by atoms with Crippen LogP contribution in [0.5, 0.6) is 5.75 Å². The Kier molecular flexibility index (Phi) is 6.34. The molecule has 192 valence electrons. The Morgan fingerprint density at radius 2 is 1.83 bits per heavy atom. The van der Waals surface area contributed by atoms with Crippen molar-refractivity contribution in [2.75, 3.05) is 21.2 Å². The van der Waals surface area contributed by atoms with Gasteiger partial charge in [0, 0.05) is 12.3 Å². The molecule has 0 saturated heterocycles. The maximum atomic E-state index is 13.7. The number of esters is 1. The predicted molar refractivity (Wildman–Crippen MR) is 122 cm³/mol. The first-order valence-electron chi connectivity index (χ1n) is 11.6. The number of aliphatic hydroxyl groups is 1. The molecule has 6 atom stereocenters. The van der Waals surface area contributed by atoms with Gasteiger partial charge in [-0.1, -0.05) is 6.07 Å². The number of methoxy groups -OCH3 is 1. The van der Waals surface area contributed by atoms with Gasteiger partial charge in [0.25, 0.3) is 0 Å². The molecule has 0 aromatic heterocycles. The molecule has 0 bridgehead atoms. The van der Waals surface area contributed by atoms with Gasteiger partial charge in [0.15, 0.2) is 34.7 Å². The van der Waals surface area contributed by atoms with Crippen LogP contribution >= 0.6 is 0 Å². The first-order valence-corrected chi connectivity index (χ1v) is 11.6. The molecule has 4 rings (SSSR count). The fraction of sp³-hybridized carbons (Fsp3) is 0.520. The fourth-order valence-corrected chi connectivity index (χ4v) is 6.24. The van der Waals surface area contributed by atoms with Crippen molar-refractivity contribution in [3.05, 3.63) is 28.8 Å². The zero-order chi connectivity index (χ0) is 26.7. The first-order chi connectivity index (χ1) is 16.9. The summed E-state index contributed by atoms with van der Waals surface area (Å²) in [5, 5.41) is 22.0. The lowest BCUT2D eigenvalue weighted by Gasteiger charge is -2.52. The summed E-state index contributed by atoms with van der Waals surface area (Å²) in [5.74, 6) is -11.3. The number of carbonyl (C=O) groups excluding carboxylic acids is 6. The van der Waals surface area contributed by atoms with E-state index in [1.165, 1.54) is 32.2 Å². The highest BCUT2D eigenvalue weighted by atomic mass is 16.5. The van der Waals surface area contributed by atoms with E-state index in [0.29, 0.717) is 11.1 Å². The molecule has 6 unspecified atom stereocenters. The highest BCUT2D eigenvalue weighted by Gasteiger charge is 2.69. The smallest absolute Gasteiger partial charge is 0.305 e. The molecule has 1 amide bonds. The van der Waals surface area contributed by atoms with Crippen LogP contribution in [-0.2, 0) is 41.6 Å². The van der Waals surface area contributed by atoms with Crippen molar-refractivity contribution in [3.8, 4) is 5.75 Å². The number of phenols is 1. The molecule has 36 heavy (non-hydrogen) atoms. The number of rotatable bonds is 5. The predicted octanol–water partition coefficient (Wildman–Crippen LogP) is -1.03. The summed E-state index contributed by atoms with van der Waals surface area (Å²) in [6, 6.07) is 1.73. The van der Waals surface area contributed by atoms with Crippen LogP contribution in [0.4, 0.5) is 0 Å². The van der Waals surface area contributed by atoms with Gasteiger partial charge < -0.3 is 20.7 Å². The molecule has 0 spiro atoms. The molecular weight excluding hydrogens is 472 g/mol. The number of nitrogens with zero attached hydrogens (tertiary/aromatic N) is 1. The van der Waals surface area contributed by atoms with Crippen LogP contribution in [0.2, 0.25) is 0 Å². The van der Waals surface area contributed by atoms with Crippen molar-refractivity contribution >= 4 is 35.0 Å². The summed E-state index contributed by atoms with van der Waals surface area (Å²) >= 11 is 0. The number of benzene rings is 1. The van der Waals surface area contributed by atoms with E-state index in [-0.39, 0.29) is 37.0 Å².